The number of fused-ring (bicyclic) bond motifs is 1. The number of nitrogens with zero attached hydrogens (tertiary/aromatic N) is 1. The molecule has 0 aliphatic heterocycles. The lowest BCUT2D eigenvalue weighted by molar-refractivity contribution is -0.122. The minimum absolute atomic E-state index is 0.0992. The summed E-state index contributed by atoms with van der Waals surface area (Å²) >= 11 is 0. The minimum atomic E-state index is 0.0992. The number of aryl methyl sites for hydroxylation is 1. The SMILES string of the molecule is CCc1cccc2ccn(CC(=O)NC(CC)CC)c12. The summed E-state index contributed by atoms with van der Waals surface area (Å²) in [6, 6.07) is 8.69. The average Bonchev–Trinajstić information content (AvgIpc) is 2.87. The van der Waals surface area contributed by atoms with Crippen LogP contribution in [0.4, 0.5) is 0 Å². The summed E-state index contributed by atoms with van der Waals surface area (Å²) in [6.07, 6.45) is 4.95. The lowest BCUT2D eigenvalue weighted by atomic mass is 10.1. The highest BCUT2D eigenvalue weighted by atomic mass is 16.2. The van der Waals surface area contributed by atoms with Gasteiger partial charge in [-0.25, -0.2) is 0 Å². The van der Waals surface area contributed by atoms with Crippen molar-refractivity contribution in [2.75, 3.05) is 0 Å². The second-order valence-corrected chi connectivity index (χ2v) is 5.23. The van der Waals surface area contributed by atoms with Crippen LogP contribution in [0.1, 0.15) is 39.2 Å². The first-order valence-electron chi connectivity index (χ1n) is 7.55. The molecule has 0 saturated carbocycles. The first-order valence-corrected chi connectivity index (χ1v) is 7.55. The fourth-order valence-corrected chi connectivity index (χ4v) is 2.68. The van der Waals surface area contributed by atoms with Gasteiger partial charge in [0.05, 0.1) is 5.52 Å². The Kier molecular flexibility index (Phi) is 4.83. The summed E-state index contributed by atoms with van der Waals surface area (Å²) in [4.78, 5) is 12.1. The molecule has 1 N–H and O–H groups in total. The standard InChI is InChI=1S/C17H24N2O/c1-4-13-8-7-9-14-10-11-19(17(13)14)12-16(20)18-15(5-2)6-3/h7-11,15H,4-6,12H2,1-3H3,(H,18,20). The molecule has 2 rings (SSSR count). The topological polar surface area (TPSA) is 34.0 Å². The molecule has 1 amide bonds. The Morgan fingerprint density at radius 2 is 1.95 bits per heavy atom. The number of hydrogen-bond acceptors (Lipinski definition) is 1. The van der Waals surface area contributed by atoms with Gasteiger partial charge in [-0.2, -0.15) is 0 Å². The Labute approximate surface area is 121 Å². The van der Waals surface area contributed by atoms with Crippen LogP contribution in [0.5, 0.6) is 0 Å². The van der Waals surface area contributed by atoms with E-state index in [1.165, 1.54) is 16.5 Å². The number of carbonyl (C=O) groups is 1. The Morgan fingerprint density at radius 3 is 2.60 bits per heavy atom. The highest BCUT2D eigenvalue weighted by Gasteiger charge is 2.11. The zero-order valence-corrected chi connectivity index (χ0v) is 12.6. The van der Waals surface area contributed by atoms with Gasteiger partial charge >= 0.3 is 0 Å². The number of benzene rings is 1. The smallest absolute Gasteiger partial charge is 0.240 e. The van der Waals surface area contributed by atoms with Crippen molar-refractivity contribution in [3.05, 3.63) is 36.0 Å². The molecule has 0 radical (unpaired) electrons. The molecule has 0 saturated heterocycles. The van der Waals surface area contributed by atoms with Gasteiger partial charge in [-0.15, -0.1) is 0 Å². The predicted molar refractivity (Wildman–Crippen MR) is 83.8 cm³/mol. The van der Waals surface area contributed by atoms with Gasteiger partial charge in [0.1, 0.15) is 6.54 Å². The van der Waals surface area contributed by atoms with Crippen molar-refractivity contribution in [3.63, 3.8) is 0 Å². The maximum Gasteiger partial charge on any atom is 0.240 e. The largest absolute Gasteiger partial charge is 0.352 e. The van der Waals surface area contributed by atoms with E-state index >= 15 is 0 Å². The molecule has 1 aromatic carbocycles. The van der Waals surface area contributed by atoms with Crippen LogP contribution in [-0.4, -0.2) is 16.5 Å². The van der Waals surface area contributed by atoms with Crippen LogP contribution in [0.3, 0.4) is 0 Å². The van der Waals surface area contributed by atoms with Gasteiger partial charge in [-0.05, 0) is 36.3 Å². The van der Waals surface area contributed by atoms with Crippen LogP contribution in [0, 0.1) is 0 Å². The van der Waals surface area contributed by atoms with Crippen molar-refractivity contribution in [1.29, 1.82) is 0 Å². The molecule has 0 bridgehead atoms. The van der Waals surface area contributed by atoms with E-state index < -0.39 is 0 Å². The molecule has 0 fully saturated rings. The third kappa shape index (κ3) is 3.03. The monoisotopic (exact) mass is 272 g/mol. The van der Waals surface area contributed by atoms with Crippen molar-refractivity contribution in [1.82, 2.24) is 9.88 Å². The Bertz CT molecular complexity index is 582. The van der Waals surface area contributed by atoms with E-state index in [4.69, 9.17) is 0 Å². The van der Waals surface area contributed by atoms with Gasteiger partial charge in [-0.1, -0.05) is 39.0 Å². The highest BCUT2D eigenvalue weighted by Crippen LogP contribution is 2.20. The summed E-state index contributed by atoms with van der Waals surface area (Å²) in [5, 5.41) is 4.31. The first kappa shape index (κ1) is 14.6. The normalized spacial score (nSPS) is 11.2. The molecule has 3 heteroatoms. The maximum absolute atomic E-state index is 12.1. The third-order valence-corrected chi connectivity index (χ3v) is 3.92. The molecule has 108 valence electrons. The Hall–Kier alpha value is -1.77. The predicted octanol–water partition coefficient (Wildman–Crippen LogP) is 3.51. The van der Waals surface area contributed by atoms with E-state index in [9.17, 15) is 4.79 Å². The third-order valence-electron chi connectivity index (χ3n) is 3.92. The number of hydrogen-bond donors (Lipinski definition) is 1. The molecule has 0 spiro atoms. The van der Waals surface area contributed by atoms with Crippen LogP contribution in [0.25, 0.3) is 10.9 Å². The lowest BCUT2D eigenvalue weighted by Gasteiger charge is -2.15. The van der Waals surface area contributed by atoms with Crippen molar-refractivity contribution >= 4 is 16.8 Å². The summed E-state index contributed by atoms with van der Waals surface area (Å²) in [7, 11) is 0. The minimum Gasteiger partial charge on any atom is -0.352 e. The maximum atomic E-state index is 12.1. The number of carbonyl (C=O) groups excluding carboxylic acids is 1. The number of aromatic nitrogens is 1. The Morgan fingerprint density at radius 1 is 1.20 bits per heavy atom. The average molecular weight is 272 g/mol. The summed E-state index contributed by atoms with van der Waals surface area (Å²) in [5.74, 6) is 0.0992. The second kappa shape index (κ2) is 6.60. The van der Waals surface area contributed by atoms with Crippen molar-refractivity contribution in [2.45, 2.75) is 52.6 Å². The lowest BCUT2D eigenvalue weighted by Crippen LogP contribution is -2.36. The van der Waals surface area contributed by atoms with Gasteiger partial charge in [0.25, 0.3) is 0 Å². The summed E-state index contributed by atoms with van der Waals surface area (Å²) in [6.45, 7) is 6.76. The highest BCUT2D eigenvalue weighted by molar-refractivity contribution is 5.85. The van der Waals surface area contributed by atoms with Gasteiger partial charge in [-0.3, -0.25) is 4.79 Å². The van der Waals surface area contributed by atoms with Crippen molar-refractivity contribution < 1.29 is 4.79 Å². The fourth-order valence-electron chi connectivity index (χ4n) is 2.68. The Balaban J connectivity index is 2.19. The van der Waals surface area contributed by atoms with E-state index in [1.54, 1.807) is 0 Å². The molecule has 2 aromatic rings. The molecule has 1 aromatic heterocycles. The number of rotatable bonds is 6. The number of para-hydroxylation sites is 1. The van der Waals surface area contributed by atoms with E-state index in [1.807, 2.05) is 6.20 Å². The molecule has 20 heavy (non-hydrogen) atoms. The molecule has 0 aliphatic rings. The van der Waals surface area contributed by atoms with Gasteiger partial charge in [0.2, 0.25) is 5.91 Å². The van der Waals surface area contributed by atoms with Crippen molar-refractivity contribution in [2.24, 2.45) is 0 Å². The van der Waals surface area contributed by atoms with Gasteiger partial charge in [0, 0.05) is 12.2 Å². The van der Waals surface area contributed by atoms with Gasteiger partial charge < -0.3 is 9.88 Å². The van der Waals surface area contributed by atoms with Crippen LogP contribution in [0.2, 0.25) is 0 Å². The molecular weight excluding hydrogens is 248 g/mol. The quantitative estimate of drug-likeness (QED) is 0.858. The molecule has 0 aliphatic carbocycles. The van der Waals surface area contributed by atoms with Gasteiger partial charge in [0.15, 0.2) is 0 Å². The summed E-state index contributed by atoms with van der Waals surface area (Å²) in [5.41, 5.74) is 2.48. The van der Waals surface area contributed by atoms with Crippen LogP contribution in [0.15, 0.2) is 30.5 Å². The van der Waals surface area contributed by atoms with E-state index in [0.717, 1.165) is 19.3 Å². The van der Waals surface area contributed by atoms with Crippen LogP contribution < -0.4 is 5.32 Å². The van der Waals surface area contributed by atoms with E-state index in [0.29, 0.717) is 6.54 Å². The molecule has 1 heterocycles. The molecular formula is C17H24N2O. The van der Waals surface area contributed by atoms with E-state index in [2.05, 4.69) is 54.9 Å². The zero-order chi connectivity index (χ0) is 14.5. The number of nitrogens with one attached hydrogen (secondary N) is 1. The van der Waals surface area contributed by atoms with Crippen LogP contribution >= 0.6 is 0 Å². The summed E-state index contributed by atoms with van der Waals surface area (Å²) < 4.78 is 2.06. The fraction of sp³-hybridized carbons (Fsp3) is 0.471. The molecule has 3 nitrogen and oxygen atoms in total. The zero-order valence-electron chi connectivity index (χ0n) is 12.6. The van der Waals surface area contributed by atoms with Crippen molar-refractivity contribution in [3.8, 4) is 0 Å². The molecule has 0 unspecified atom stereocenters. The molecule has 0 atom stereocenters. The van der Waals surface area contributed by atoms with E-state index in [-0.39, 0.29) is 11.9 Å². The second-order valence-electron chi connectivity index (χ2n) is 5.23. The first-order chi connectivity index (χ1) is 9.69. The van der Waals surface area contributed by atoms with Crippen LogP contribution in [-0.2, 0) is 17.8 Å². The number of amides is 1.